The van der Waals surface area contributed by atoms with Crippen molar-refractivity contribution < 1.29 is 9.59 Å². The van der Waals surface area contributed by atoms with Crippen molar-refractivity contribution in [2.75, 3.05) is 10.2 Å². The second-order valence-electron chi connectivity index (χ2n) is 6.85. The van der Waals surface area contributed by atoms with E-state index in [2.05, 4.69) is 10.4 Å². The fourth-order valence-electron chi connectivity index (χ4n) is 3.15. The van der Waals surface area contributed by atoms with Gasteiger partial charge in [0.15, 0.2) is 0 Å². The van der Waals surface area contributed by atoms with E-state index in [1.165, 1.54) is 4.90 Å². The van der Waals surface area contributed by atoms with Crippen LogP contribution in [0.25, 0.3) is 0 Å². The van der Waals surface area contributed by atoms with Gasteiger partial charge in [-0.05, 0) is 43.2 Å². The lowest BCUT2D eigenvalue weighted by Crippen LogP contribution is -2.45. The maximum atomic E-state index is 13.4. The van der Waals surface area contributed by atoms with Crippen molar-refractivity contribution >= 4 is 46.4 Å². The highest BCUT2D eigenvalue weighted by atomic mass is 35.5. The Morgan fingerprint density at radius 2 is 1.67 bits per heavy atom. The van der Waals surface area contributed by atoms with Gasteiger partial charge in [-0.1, -0.05) is 36.4 Å². The second-order valence-corrected chi connectivity index (χ2v) is 7.79. The Hall–Kier alpha value is -2.83. The summed E-state index contributed by atoms with van der Waals surface area (Å²) in [6.45, 7) is 3.97. The summed E-state index contributed by atoms with van der Waals surface area (Å²) < 4.78 is 1.61. The van der Waals surface area contributed by atoms with E-state index in [1.54, 1.807) is 47.4 Å². The van der Waals surface area contributed by atoms with E-state index in [0.29, 0.717) is 5.69 Å². The van der Waals surface area contributed by atoms with E-state index in [4.69, 9.17) is 23.2 Å². The first-order valence-electron chi connectivity index (χ1n) is 9.37. The molecule has 0 aliphatic heterocycles. The lowest BCUT2D eigenvalue weighted by molar-refractivity contribution is -0.122. The number of nitrogens with zero attached hydrogens (tertiary/aromatic N) is 3. The first-order valence-corrected chi connectivity index (χ1v) is 10.2. The first-order chi connectivity index (χ1) is 14.4. The molecule has 3 aromatic rings. The number of benzene rings is 2. The molecule has 0 radical (unpaired) electrons. The van der Waals surface area contributed by atoms with Crippen LogP contribution in [0.5, 0.6) is 0 Å². The molecular formula is C22H22Cl2N4O2. The Bertz CT molecular complexity index is 989. The number of para-hydroxylation sites is 2. The van der Waals surface area contributed by atoms with Crippen molar-refractivity contribution in [1.29, 1.82) is 0 Å². The normalized spacial score (nSPS) is 12.8. The summed E-state index contributed by atoms with van der Waals surface area (Å²) in [4.78, 5) is 27.4. The zero-order valence-corrected chi connectivity index (χ0v) is 18.1. The summed E-state index contributed by atoms with van der Waals surface area (Å²) in [5, 5.41) is 4.33. The summed E-state index contributed by atoms with van der Waals surface area (Å²) in [6.07, 6.45) is 3.38. The van der Waals surface area contributed by atoms with Crippen molar-refractivity contribution in [2.24, 2.45) is 0 Å². The minimum absolute atomic E-state index is 0.144. The van der Waals surface area contributed by atoms with E-state index in [1.807, 2.05) is 38.1 Å². The minimum atomic E-state index is -1.27. The fourth-order valence-corrected chi connectivity index (χ4v) is 3.55. The zero-order valence-electron chi connectivity index (χ0n) is 16.6. The Morgan fingerprint density at radius 3 is 2.27 bits per heavy atom. The maximum absolute atomic E-state index is 13.4. The molecule has 0 aliphatic carbocycles. The number of carbonyl (C=O) groups excluding carboxylic acids is 2. The molecule has 2 unspecified atom stereocenters. The average molecular weight is 445 g/mol. The molecule has 2 atom stereocenters. The summed E-state index contributed by atoms with van der Waals surface area (Å²) in [7, 11) is 0. The lowest BCUT2D eigenvalue weighted by Gasteiger charge is -2.29. The van der Waals surface area contributed by atoms with E-state index in [0.717, 1.165) is 16.8 Å². The quantitative estimate of drug-likeness (QED) is 0.550. The van der Waals surface area contributed by atoms with Gasteiger partial charge in [-0.3, -0.25) is 19.2 Å². The van der Waals surface area contributed by atoms with Crippen LogP contribution in [0.3, 0.4) is 0 Å². The highest BCUT2D eigenvalue weighted by molar-refractivity contribution is 6.44. The Balaban J connectivity index is 1.85. The van der Waals surface area contributed by atoms with Crippen molar-refractivity contribution in [3.05, 3.63) is 78.1 Å². The molecule has 1 N–H and O–H groups in total. The van der Waals surface area contributed by atoms with Gasteiger partial charge in [-0.15, -0.1) is 23.2 Å². The number of carbonyl (C=O) groups is 2. The molecule has 0 fully saturated rings. The number of amides is 2. The number of halogens is 2. The SMILES string of the molecule is Cc1cccc(C)c1N(Cn1cccn1)C(=O)C(Cl)C(Cl)C(=O)Nc1ccccc1. The molecule has 30 heavy (non-hydrogen) atoms. The third-order valence-corrected chi connectivity index (χ3v) is 5.62. The van der Waals surface area contributed by atoms with Gasteiger partial charge < -0.3 is 5.32 Å². The lowest BCUT2D eigenvalue weighted by atomic mass is 10.1. The Labute approximate surface area is 185 Å². The molecule has 156 valence electrons. The van der Waals surface area contributed by atoms with Crippen molar-refractivity contribution in [3.8, 4) is 0 Å². The van der Waals surface area contributed by atoms with E-state index < -0.39 is 22.6 Å². The molecule has 0 saturated carbocycles. The van der Waals surface area contributed by atoms with Gasteiger partial charge in [-0.25, -0.2) is 0 Å². The molecular weight excluding hydrogens is 423 g/mol. The van der Waals surface area contributed by atoms with Crippen LogP contribution in [0.15, 0.2) is 67.0 Å². The molecule has 1 heterocycles. The van der Waals surface area contributed by atoms with Crippen LogP contribution in [0.4, 0.5) is 11.4 Å². The number of rotatable bonds is 7. The Kier molecular flexibility index (Phi) is 7.13. The molecule has 1 aromatic heterocycles. The van der Waals surface area contributed by atoms with E-state index >= 15 is 0 Å². The molecule has 2 amide bonds. The molecule has 0 aliphatic rings. The van der Waals surface area contributed by atoms with Gasteiger partial charge in [0.2, 0.25) is 11.8 Å². The largest absolute Gasteiger partial charge is 0.325 e. The number of aromatic nitrogens is 2. The number of hydrogen-bond acceptors (Lipinski definition) is 3. The number of nitrogens with one attached hydrogen (secondary N) is 1. The summed E-state index contributed by atoms with van der Waals surface area (Å²) in [5.74, 6) is -1.02. The third kappa shape index (κ3) is 5.01. The highest BCUT2D eigenvalue weighted by Crippen LogP contribution is 2.28. The van der Waals surface area contributed by atoms with Crippen LogP contribution in [-0.2, 0) is 16.3 Å². The Morgan fingerprint density at radius 1 is 1.00 bits per heavy atom. The predicted octanol–water partition coefficient (Wildman–Crippen LogP) is 4.34. The average Bonchev–Trinajstić information content (AvgIpc) is 3.25. The van der Waals surface area contributed by atoms with Gasteiger partial charge in [0.05, 0.1) is 5.69 Å². The zero-order chi connectivity index (χ0) is 21.7. The number of alkyl halides is 2. The van der Waals surface area contributed by atoms with Crippen LogP contribution < -0.4 is 10.2 Å². The highest BCUT2D eigenvalue weighted by Gasteiger charge is 2.35. The first kappa shape index (κ1) is 21.9. The molecule has 0 bridgehead atoms. The standard InChI is InChI=1S/C22H22Cl2N4O2/c1-15-8-6-9-16(2)20(15)28(14-27-13-7-12-25-27)22(30)19(24)18(23)21(29)26-17-10-4-3-5-11-17/h3-13,18-19H,14H2,1-2H3,(H,26,29). The molecule has 0 spiro atoms. The summed E-state index contributed by atoms with van der Waals surface area (Å²) in [5.41, 5.74) is 3.10. The minimum Gasteiger partial charge on any atom is -0.325 e. The van der Waals surface area contributed by atoms with E-state index in [9.17, 15) is 9.59 Å². The molecule has 2 aromatic carbocycles. The van der Waals surface area contributed by atoms with Crippen LogP contribution in [-0.4, -0.2) is 32.3 Å². The summed E-state index contributed by atoms with van der Waals surface area (Å²) in [6, 6.07) is 16.4. The summed E-state index contributed by atoms with van der Waals surface area (Å²) >= 11 is 12.7. The molecule has 3 rings (SSSR count). The fraction of sp³-hybridized carbons (Fsp3) is 0.227. The maximum Gasteiger partial charge on any atom is 0.248 e. The smallest absolute Gasteiger partial charge is 0.248 e. The number of hydrogen-bond donors (Lipinski definition) is 1. The predicted molar refractivity (Wildman–Crippen MR) is 120 cm³/mol. The van der Waals surface area contributed by atoms with Gasteiger partial charge in [-0.2, -0.15) is 5.10 Å². The molecule has 8 heteroatoms. The second kappa shape index (κ2) is 9.78. The van der Waals surface area contributed by atoms with Crippen molar-refractivity contribution in [2.45, 2.75) is 31.3 Å². The van der Waals surface area contributed by atoms with Crippen LogP contribution in [0, 0.1) is 13.8 Å². The van der Waals surface area contributed by atoms with Crippen molar-refractivity contribution in [3.63, 3.8) is 0 Å². The van der Waals surface area contributed by atoms with Gasteiger partial charge in [0.1, 0.15) is 17.4 Å². The van der Waals surface area contributed by atoms with Gasteiger partial charge in [0.25, 0.3) is 0 Å². The molecule has 6 nitrogen and oxygen atoms in total. The molecule has 0 saturated heterocycles. The van der Waals surface area contributed by atoms with Gasteiger partial charge in [0, 0.05) is 18.1 Å². The van der Waals surface area contributed by atoms with E-state index in [-0.39, 0.29) is 6.67 Å². The van der Waals surface area contributed by atoms with Crippen LogP contribution in [0.1, 0.15) is 11.1 Å². The van der Waals surface area contributed by atoms with Crippen molar-refractivity contribution in [1.82, 2.24) is 9.78 Å². The monoisotopic (exact) mass is 444 g/mol. The third-order valence-electron chi connectivity index (χ3n) is 4.61. The van der Waals surface area contributed by atoms with Crippen LogP contribution >= 0.6 is 23.2 Å². The van der Waals surface area contributed by atoms with Gasteiger partial charge >= 0.3 is 0 Å². The number of aryl methyl sites for hydroxylation is 2. The topological polar surface area (TPSA) is 67.2 Å². The number of anilines is 2. The van der Waals surface area contributed by atoms with Crippen LogP contribution in [0.2, 0.25) is 0 Å².